The molecule has 2 N–H and O–H groups in total. The van der Waals surface area contributed by atoms with Gasteiger partial charge in [-0.2, -0.15) is 0 Å². The lowest BCUT2D eigenvalue weighted by atomic mass is 10.2. The molecule has 100 valence electrons. The van der Waals surface area contributed by atoms with Crippen LogP contribution in [0.15, 0.2) is 24.3 Å². The van der Waals surface area contributed by atoms with E-state index in [1.54, 1.807) is 31.2 Å². The molecule has 0 spiro atoms. The Hall–Kier alpha value is -1.60. The van der Waals surface area contributed by atoms with Gasteiger partial charge in [0.2, 0.25) is 10.0 Å². The Kier molecular flexibility index (Phi) is 5.11. The molecule has 6 nitrogen and oxygen atoms in total. The van der Waals surface area contributed by atoms with Gasteiger partial charge >= 0.3 is 5.97 Å². The fraction of sp³-hybridized carbons (Fsp3) is 0.364. The summed E-state index contributed by atoms with van der Waals surface area (Å²) < 4.78 is 31.3. The van der Waals surface area contributed by atoms with Gasteiger partial charge in [0, 0.05) is 0 Å². The molecule has 0 atom stereocenters. The third kappa shape index (κ3) is 5.15. The Morgan fingerprint density at radius 2 is 1.89 bits per heavy atom. The van der Waals surface area contributed by atoms with Crippen LogP contribution in [0.25, 0.3) is 0 Å². The van der Waals surface area contributed by atoms with Gasteiger partial charge in [-0.1, -0.05) is 0 Å². The van der Waals surface area contributed by atoms with Gasteiger partial charge in [0.25, 0.3) is 0 Å². The summed E-state index contributed by atoms with van der Waals surface area (Å²) in [5, 5.41) is 4.83. The van der Waals surface area contributed by atoms with Crippen molar-refractivity contribution in [2.24, 2.45) is 5.14 Å². The van der Waals surface area contributed by atoms with E-state index < -0.39 is 16.0 Å². The highest BCUT2D eigenvalue weighted by Crippen LogP contribution is 2.12. The van der Waals surface area contributed by atoms with Gasteiger partial charge in [-0.15, -0.1) is 0 Å². The summed E-state index contributed by atoms with van der Waals surface area (Å²) in [6, 6.07) is 6.22. The number of hydrogen-bond acceptors (Lipinski definition) is 5. The minimum atomic E-state index is -3.52. The zero-order chi connectivity index (χ0) is 13.6. The van der Waals surface area contributed by atoms with Gasteiger partial charge in [-0.05, 0) is 31.2 Å². The smallest absolute Gasteiger partial charge is 0.338 e. The molecule has 7 heteroatoms. The lowest BCUT2D eigenvalue weighted by Crippen LogP contribution is -2.21. The van der Waals surface area contributed by atoms with Crippen LogP contribution in [-0.4, -0.2) is 33.4 Å². The molecule has 0 fully saturated rings. The SMILES string of the molecule is CCOC(=O)c1ccc(OCCS(N)(=O)=O)cc1. The maximum absolute atomic E-state index is 11.3. The molecule has 0 aliphatic carbocycles. The van der Waals surface area contributed by atoms with E-state index in [0.717, 1.165) is 0 Å². The third-order valence-corrected chi connectivity index (χ3v) is 2.74. The normalized spacial score (nSPS) is 11.0. The molecule has 0 heterocycles. The van der Waals surface area contributed by atoms with E-state index >= 15 is 0 Å². The van der Waals surface area contributed by atoms with Crippen LogP contribution < -0.4 is 9.88 Å². The molecule has 18 heavy (non-hydrogen) atoms. The van der Waals surface area contributed by atoms with E-state index in [0.29, 0.717) is 17.9 Å². The molecule has 0 radical (unpaired) electrons. The van der Waals surface area contributed by atoms with E-state index in [1.807, 2.05) is 0 Å². The average Bonchev–Trinajstić information content (AvgIpc) is 2.28. The van der Waals surface area contributed by atoms with Crippen molar-refractivity contribution < 1.29 is 22.7 Å². The summed E-state index contributed by atoms with van der Waals surface area (Å²) in [6.07, 6.45) is 0. The first-order valence-electron chi connectivity index (χ1n) is 5.33. The lowest BCUT2D eigenvalue weighted by Gasteiger charge is -2.06. The quantitative estimate of drug-likeness (QED) is 0.763. The van der Waals surface area contributed by atoms with E-state index in [2.05, 4.69) is 0 Å². The fourth-order valence-electron chi connectivity index (χ4n) is 1.18. The number of ether oxygens (including phenoxy) is 2. The molecule has 0 saturated carbocycles. The Morgan fingerprint density at radius 3 is 2.39 bits per heavy atom. The molecule has 1 aromatic rings. The first-order valence-corrected chi connectivity index (χ1v) is 7.04. The molecule has 1 aromatic carbocycles. The fourth-order valence-corrected chi connectivity index (χ4v) is 1.49. The highest BCUT2D eigenvalue weighted by molar-refractivity contribution is 7.89. The van der Waals surface area contributed by atoms with Crippen LogP contribution in [0, 0.1) is 0 Å². The number of carbonyl (C=O) groups is 1. The molecule has 0 aliphatic rings. The number of carbonyl (C=O) groups excluding carboxylic acids is 1. The molecular weight excluding hydrogens is 258 g/mol. The summed E-state index contributed by atoms with van der Waals surface area (Å²) in [5.41, 5.74) is 0.413. The van der Waals surface area contributed by atoms with Crippen molar-refractivity contribution in [3.8, 4) is 5.75 Å². The lowest BCUT2D eigenvalue weighted by molar-refractivity contribution is 0.0526. The van der Waals surface area contributed by atoms with Crippen LogP contribution in [0.2, 0.25) is 0 Å². The maximum Gasteiger partial charge on any atom is 0.338 e. The van der Waals surface area contributed by atoms with Crippen molar-refractivity contribution in [1.82, 2.24) is 0 Å². The second kappa shape index (κ2) is 6.36. The summed E-state index contributed by atoms with van der Waals surface area (Å²) >= 11 is 0. The molecule has 0 unspecified atom stereocenters. The Morgan fingerprint density at radius 1 is 1.28 bits per heavy atom. The topological polar surface area (TPSA) is 95.7 Å². The highest BCUT2D eigenvalue weighted by Gasteiger charge is 2.06. The third-order valence-electron chi connectivity index (χ3n) is 2.00. The number of esters is 1. The number of sulfonamides is 1. The van der Waals surface area contributed by atoms with Gasteiger partial charge in [-0.25, -0.2) is 18.4 Å². The van der Waals surface area contributed by atoms with Crippen molar-refractivity contribution in [3.63, 3.8) is 0 Å². The van der Waals surface area contributed by atoms with Crippen LogP contribution >= 0.6 is 0 Å². The largest absolute Gasteiger partial charge is 0.492 e. The summed E-state index contributed by atoms with van der Waals surface area (Å²) in [5.74, 6) is -0.201. The van der Waals surface area contributed by atoms with Crippen molar-refractivity contribution in [1.29, 1.82) is 0 Å². The van der Waals surface area contributed by atoms with E-state index in [1.165, 1.54) is 0 Å². The van der Waals surface area contributed by atoms with Crippen LogP contribution in [0.5, 0.6) is 5.75 Å². The van der Waals surface area contributed by atoms with E-state index in [-0.39, 0.29) is 12.4 Å². The van der Waals surface area contributed by atoms with E-state index in [4.69, 9.17) is 14.6 Å². The second-order valence-electron chi connectivity index (χ2n) is 3.46. The predicted octanol–water partition coefficient (Wildman–Crippen LogP) is 0.531. The van der Waals surface area contributed by atoms with Crippen LogP contribution in [-0.2, 0) is 14.8 Å². The van der Waals surface area contributed by atoms with Crippen LogP contribution in [0.3, 0.4) is 0 Å². The van der Waals surface area contributed by atoms with Crippen molar-refractivity contribution in [3.05, 3.63) is 29.8 Å². The zero-order valence-electron chi connectivity index (χ0n) is 9.96. The van der Waals surface area contributed by atoms with Gasteiger partial charge < -0.3 is 9.47 Å². The Labute approximate surface area is 106 Å². The van der Waals surface area contributed by atoms with Gasteiger partial charge in [0.1, 0.15) is 12.4 Å². The predicted molar refractivity (Wildman–Crippen MR) is 65.9 cm³/mol. The van der Waals surface area contributed by atoms with Gasteiger partial charge in [-0.3, -0.25) is 0 Å². The number of nitrogens with two attached hydrogens (primary N) is 1. The summed E-state index contributed by atoms with van der Waals surface area (Å²) in [7, 11) is -3.52. The molecule has 0 amide bonds. The highest BCUT2D eigenvalue weighted by atomic mass is 32.2. The Balaban J connectivity index is 2.53. The zero-order valence-corrected chi connectivity index (χ0v) is 10.8. The van der Waals surface area contributed by atoms with Crippen molar-refractivity contribution in [2.45, 2.75) is 6.92 Å². The monoisotopic (exact) mass is 273 g/mol. The molecule has 0 bridgehead atoms. The molecule has 0 saturated heterocycles. The van der Waals surface area contributed by atoms with Crippen LogP contribution in [0.4, 0.5) is 0 Å². The van der Waals surface area contributed by atoms with Crippen LogP contribution in [0.1, 0.15) is 17.3 Å². The minimum absolute atomic E-state index is 0.0302. The minimum Gasteiger partial charge on any atom is -0.492 e. The number of hydrogen-bond donors (Lipinski definition) is 1. The first-order chi connectivity index (χ1) is 8.42. The summed E-state index contributed by atoms with van der Waals surface area (Å²) in [4.78, 5) is 11.3. The number of rotatable bonds is 6. The summed E-state index contributed by atoms with van der Waals surface area (Å²) in [6.45, 7) is 2.01. The van der Waals surface area contributed by atoms with Gasteiger partial charge in [0.05, 0.1) is 17.9 Å². The second-order valence-corrected chi connectivity index (χ2v) is 5.19. The van der Waals surface area contributed by atoms with Gasteiger partial charge in [0.15, 0.2) is 0 Å². The molecule has 1 rings (SSSR count). The standard InChI is InChI=1S/C11H15NO5S/c1-2-16-11(13)9-3-5-10(6-4-9)17-7-8-18(12,14)15/h3-6H,2,7-8H2,1H3,(H2,12,14,15). The average molecular weight is 273 g/mol. The van der Waals surface area contributed by atoms with Crippen molar-refractivity contribution in [2.75, 3.05) is 19.0 Å². The van der Waals surface area contributed by atoms with E-state index in [9.17, 15) is 13.2 Å². The number of benzene rings is 1. The molecular formula is C11H15NO5S. The molecule has 0 aromatic heterocycles. The number of primary sulfonamides is 1. The maximum atomic E-state index is 11.3. The first kappa shape index (κ1) is 14.5. The Bertz CT molecular complexity index is 495. The molecule has 0 aliphatic heterocycles. The van der Waals surface area contributed by atoms with Crippen molar-refractivity contribution >= 4 is 16.0 Å².